The summed E-state index contributed by atoms with van der Waals surface area (Å²) in [7, 11) is 5.00. The average Bonchev–Trinajstić information content (AvgIpc) is 4.02. The van der Waals surface area contributed by atoms with Crippen molar-refractivity contribution in [3.05, 3.63) is 62.7 Å². The van der Waals surface area contributed by atoms with Crippen molar-refractivity contribution in [2.24, 2.45) is 0 Å². The van der Waals surface area contributed by atoms with Gasteiger partial charge in [0.05, 0.1) is 49.0 Å². The third-order valence-electron chi connectivity index (χ3n) is 15.2. The van der Waals surface area contributed by atoms with Crippen LogP contribution in [-0.4, -0.2) is 125 Å². The molecule has 0 aliphatic carbocycles. The number of rotatable bonds is 8. The van der Waals surface area contributed by atoms with Crippen LogP contribution < -0.4 is 39.6 Å². The number of ether oxygens (including phenoxy) is 6. The van der Waals surface area contributed by atoms with Crippen LogP contribution in [-0.2, 0) is 32.7 Å². The summed E-state index contributed by atoms with van der Waals surface area (Å²) in [5.74, 6) is 1.12. The molecule has 0 saturated carbocycles. The lowest BCUT2D eigenvalue weighted by Crippen LogP contribution is -2.70. The number of unbranched alkanes of at least 4 members (excludes halogenated alkanes) is 1. The molecule has 9 heterocycles. The van der Waals surface area contributed by atoms with Gasteiger partial charge in [0.2, 0.25) is 6.79 Å². The number of hydrogen-bond donors (Lipinski definition) is 6. The molecule has 10 atom stereocenters. The number of carbonyl (C=O) groups excluding carboxylic acids is 3. The van der Waals surface area contributed by atoms with Crippen LogP contribution in [0, 0.1) is 13.8 Å². The summed E-state index contributed by atoms with van der Waals surface area (Å²) in [5, 5.41) is 46.4. The summed E-state index contributed by atoms with van der Waals surface area (Å²) >= 11 is 3.24. The number of nitrogens with one attached hydrogen (secondary N) is 3. The fraction of sp³-hybridized carbons (Fsp3) is 0.553. The molecule has 4 fully saturated rings. The van der Waals surface area contributed by atoms with Gasteiger partial charge in [-0.2, -0.15) is 0 Å². The van der Waals surface area contributed by atoms with Crippen molar-refractivity contribution in [3.8, 4) is 40.2 Å². The number of nitrogens with zero attached hydrogens (tertiary/aromatic N) is 2. The highest BCUT2D eigenvalue weighted by molar-refractivity contribution is 8.00. The Labute approximate surface area is 390 Å². The summed E-state index contributed by atoms with van der Waals surface area (Å²) in [6, 6.07) is 3.39. The summed E-state index contributed by atoms with van der Waals surface area (Å²) in [5.41, 5.74) is 4.16. The zero-order valence-corrected chi connectivity index (χ0v) is 39.1. The third kappa shape index (κ3) is 6.61. The molecule has 2 amide bonds. The van der Waals surface area contributed by atoms with Gasteiger partial charge in [-0.1, -0.05) is 12.5 Å². The monoisotopic (exact) mass is 945 g/mol. The van der Waals surface area contributed by atoms with Crippen molar-refractivity contribution >= 4 is 41.5 Å². The van der Waals surface area contributed by atoms with Gasteiger partial charge in [0.1, 0.15) is 18.6 Å². The number of urea groups is 1. The van der Waals surface area contributed by atoms with Gasteiger partial charge in [-0.05, 0) is 87.4 Å². The molecule has 3 aromatic carbocycles. The predicted molar refractivity (Wildman–Crippen MR) is 243 cm³/mol. The highest BCUT2D eigenvalue weighted by atomic mass is 32.2. The Balaban J connectivity index is 0.935. The zero-order valence-electron chi connectivity index (χ0n) is 37.4. The number of benzene rings is 3. The van der Waals surface area contributed by atoms with Gasteiger partial charge >= 0.3 is 18.0 Å². The Morgan fingerprint density at radius 1 is 0.970 bits per heavy atom. The van der Waals surface area contributed by atoms with Crippen LogP contribution in [0.5, 0.6) is 40.2 Å². The lowest BCUT2D eigenvalue weighted by molar-refractivity contribution is -0.186. The first-order chi connectivity index (χ1) is 31.8. The number of piperazine rings is 1. The molecule has 12 rings (SSSR count). The summed E-state index contributed by atoms with van der Waals surface area (Å²) in [6.45, 7) is 3.85. The van der Waals surface area contributed by atoms with E-state index in [2.05, 4.69) is 20.9 Å². The van der Waals surface area contributed by atoms with E-state index in [1.807, 2.05) is 24.9 Å². The topological polar surface area (TPSA) is 210 Å². The second kappa shape index (κ2) is 16.5. The van der Waals surface area contributed by atoms with E-state index < -0.39 is 47.2 Å². The standard InChI is InChI=1S/C47H55N5O12S2/c1-20-12-23-13-27-44(56)52-28-17-61-45(57)47(18-65-42(34-33(28)41-40(62-19-63-41)21(2)37(34)54)36(52)35(51(27)3)32(23)38(55)39(20)60-5)25-16-29(59-4)30(14-22(25)10-11-48-47)64-31(53)9-7-6-8-24-15-26-43(66-24)50-46(58)49-26/h12,14,16,24,26-28,35-36,42-44,48,54-56H,6-11,13,15,17-19H2,1-5H3,(H2,49,50,58)/t24-,26?,27-,28-,35+,36?,42+,43?,44-,47+/m0/s1. The number of esters is 2. The molecule has 352 valence electrons. The number of hydrogen-bond acceptors (Lipinski definition) is 17. The van der Waals surface area contributed by atoms with Crippen molar-refractivity contribution < 1.29 is 58.1 Å². The number of aryl methyl sites for hydroxylation is 1. The van der Waals surface area contributed by atoms with Crippen molar-refractivity contribution in [2.75, 3.05) is 47.0 Å². The Morgan fingerprint density at radius 3 is 2.58 bits per heavy atom. The van der Waals surface area contributed by atoms with E-state index in [1.165, 1.54) is 26.0 Å². The van der Waals surface area contributed by atoms with Crippen LogP contribution in [0.3, 0.4) is 0 Å². The van der Waals surface area contributed by atoms with E-state index in [-0.39, 0.29) is 66.2 Å². The fourth-order valence-electron chi connectivity index (χ4n) is 12.2. The number of fused-ring (bicyclic) bond motifs is 10. The molecule has 4 bridgehead atoms. The Morgan fingerprint density at radius 2 is 1.79 bits per heavy atom. The van der Waals surface area contributed by atoms with Gasteiger partial charge in [0.15, 0.2) is 40.0 Å². The first-order valence-electron chi connectivity index (χ1n) is 22.7. The number of phenols is 2. The van der Waals surface area contributed by atoms with Crippen LogP contribution in [0.15, 0.2) is 18.2 Å². The highest BCUT2D eigenvalue weighted by Crippen LogP contribution is 2.64. The first kappa shape index (κ1) is 43.8. The second-order valence-corrected chi connectivity index (χ2v) is 21.3. The van der Waals surface area contributed by atoms with E-state index >= 15 is 4.79 Å². The van der Waals surface area contributed by atoms with E-state index in [0.717, 1.165) is 36.0 Å². The molecule has 0 radical (unpaired) electrons. The van der Waals surface area contributed by atoms with Crippen LogP contribution >= 0.6 is 23.5 Å². The minimum atomic E-state index is -1.40. The fourth-order valence-corrected chi connectivity index (χ4v) is 15.5. The van der Waals surface area contributed by atoms with E-state index in [0.29, 0.717) is 81.9 Å². The molecule has 3 aromatic rings. The van der Waals surface area contributed by atoms with E-state index in [4.69, 9.17) is 28.4 Å². The van der Waals surface area contributed by atoms with Crippen molar-refractivity contribution in [1.82, 2.24) is 25.8 Å². The molecular weight excluding hydrogens is 891 g/mol. The molecule has 17 nitrogen and oxygen atoms in total. The number of likely N-dealkylation sites (N-methyl/N-ethyl adjacent to an activating group) is 1. The molecule has 6 N–H and O–H groups in total. The zero-order chi connectivity index (χ0) is 45.9. The molecule has 9 aliphatic rings. The summed E-state index contributed by atoms with van der Waals surface area (Å²) in [6.07, 6.45) is 3.51. The normalized spacial score (nSPS) is 31.5. The summed E-state index contributed by atoms with van der Waals surface area (Å²) in [4.78, 5) is 44.1. The Bertz CT molecular complexity index is 2530. The van der Waals surface area contributed by atoms with Gasteiger partial charge in [0.25, 0.3) is 0 Å². The van der Waals surface area contributed by atoms with Gasteiger partial charge < -0.3 is 54.4 Å². The minimum Gasteiger partial charge on any atom is -0.507 e. The Hall–Kier alpha value is -4.79. The van der Waals surface area contributed by atoms with Crippen molar-refractivity contribution in [3.63, 3.8) is 0 Å². The SMILES string of the molecule is COc1cc2c(cc1OC(=O)CCCC[C@H]1CC3NC(=O)NC3S1)CCN[C@]21CS[C@@H]2c3c(O)c(C)c4c(c3[C@H](COC1=O)N1C2[C@H]2c3c(cc(C)c(OC)c3O)C[C@@H]([C@@H]1O)N2C)OCO4. The quantitative estimate of drug-likeness (QED) is 0.105. The van der Waals surface area contributed by atoms with Gasteiger partial charge in [-0.25, -0.2) is 9.59 Å². The highest BCUT2D eigenvalue weighted by Gasteiger charge is 2.61. The van der Waals surface area contributed by atoms with Gasteiger partial charge in [-0.15, -0.1) is 23.5 Å². The van der Waals surface area contributed by atoms with Crippen molar-refractivity contribution in [2.45, 2.75) is 117 Å². The molecule has 0 aromatic heterocycles. The number of amides is 2. The number of aliphatic hydroxyl groups is 1. The number of methoxy groups -OCH3 is 2. The largest absolute Gasteiger partial charge is 0.507 e. The van der Waals surface area contributed by atoms with E-state index in [1.54, 1.807) is 30.8 Å². The molecule has 9 aliphatic heterocycles. The van der Waals surface area contributed by atoms with Gasteiger partial charge in [0, 0.05) is 52.3 Å². The molecule has 66 heavy (non-hydrogen) atoms. The number of aromatic hydroxyl groups is 2. The number of aliphatic hydroxyl groups excluding tert-OH is 1. The average molecular weight is 946 g/mol. The van der Waals surface area contributed by atoms with Crippen LogP contribution in [0.1, 0.15) is 93.9 Å². The number of carbonyl (C=O) groups is 3. The predicted octanol–water partition coefficient (Wildman–Crippen LogP) is 4.47. The molecule has 1 spiro atoms. The number of phenolic OH excluding ortho intramolecular Hbond substituents is 2. The van der Waals surface area contributed by atoms with Gasteiger partial charge in [-0.3, -0.25) is 19.9 Å². The molecule has 4 saturated heterocycles. The van der Waals surface area contributed by atoms with Crippen LogP contribution in [0.4, 0.5) is 4.79 Å². The number of thioether (sulfide) groups is 2. The molecule has 19 heteroatoms. The first-order valence-corrected chi connectivity index (χ1v) is 24.7. The van der Waals surface area contributed by atoms with Crippen molar-refractivity contribution in [1.29, 1.82) is 0 Å². The van der Waals surface area contributed by atoms with E-state index in [9.17, 15) is 24.9 Å². The maximum atomic E-state index is 15.0. The maximum absolute atomic E-state index is 15.0. The lowest BCUT2D eigenvalue weighted by atomic mass is 9.73. The minimum absolute atomic E-state index is 0.0375. The maximum Gasteiger partial charge on any atom is 0.331 e. The second-order valence-electron chi connectivity index (χ2n) is 18.7. The van der Waals surface area contributed by atoms with Crippen LogP contribution in [0.25, 0.3) is 0 Å². The smallest absolute Gasteiger partial charge is 0.331 e. The third-order valence-corrected chi connectivity index (χ3v) is 18.2. The van der Waals surface area contributed by atoms with Crippen LogP contribution in [0.2, 0.25) is 0 Å². The molecule has 3 unspecified atom stereocenters. The molecular formula is C47H55N5O12S2. The Kier molecular flexibility index (Phi) is 10.9. The summed E-state index contributed by atoms with van der Waals surface area (Å²) < 4.78 is 36.2. The lowest BCUT2D eigenvalue weighted by Gasteiger charge is -2.62.